The number of benzene rings is 1. The highest BCUT2D eigenvalue weighted by atomic mass is 19.1. The summed E-state index contributed by atoms with van der Waals surface area (Å²) >= 11 is 0. The first-order chi connectivity index (χ1) is 9.21. The monoisotopic (exact) mass is 265 g/mol. The van der Waals surface area contributed by atoms with Crippen molar-refractivity contribution in [2.45, 2.75) is 38.6 Å². The van der Waals surface area contributed by atoms with Crippen LogP contribution < -0.4 is 10.1 Å². The van der Waals surface area contributed by atoms with Crippen LogP contribution in [-0.4, -0.2) is 14.2 Å². The molecule has 1 fully saturated rings. The standard InChI is InChI=1S/C16H24FNO/c1-4-11-8-9-12(10-11)16(18-2)13-6-5-7-14(19-3)15(13)17/h5-7,11-12,16,18H,4,8-10H2,1-3H3. The second kappa shape index (κ2) is 6.38. The number of methoxy groups -OCH3 is 1. The lowest BCUT2D eigenvalue weighted by atomic mass is 9.90. The molecule has 0 spiro atoms. The topological polar surface area (TPSA) is 21.3 Å². The Morgan fingerprint density at radius 2 is 2.21 bits per heavy atom. The Labute approximate surface area is 115 Å². The van der Waals surface area contributed by atoms with Gasteiger partial charge in [-0.25, -0.2) is 4.39 Å². The van der Waals surface area contributed by atoms with Gasteiger partial charge in [0, 0.05) is 11.6 Å². The molecule has 1 aromatic rings. The van der Waals surface area contributed by atoms with Crippen molar-refractivity contribution in [2.24, 2.45) is 11.8 Å². The van der Waals surface area contributed by atoms with Crippen LogP contribution in [0.15, 0.2) is 18.2 Å². The van der Waals surface area contributed by atoms with Crippen LogP contribution in [0.25, 0.3) is 0 Å². The number of ether oxygens (including phenoxy) is 1. The van der Waals surface area contributed by atoms with Crippen LogP contribution in [0.4, 0.5) is 4.39 Å². The molecule has 3 heteroatoms. The molecular weight excluding hydrogens is 241 g/mol. The second-order valence-electron chi connectivity index (χ2n) is 5.48. The van der Waals surface area contributed by atoms with Gasteiger partial charge in [0.2, 0.25) is 0 Å². The lowest BCUT2D eigenvalue weighted by molar-refractivity contribution is 0.347. The molecule has 19 heavy (non-hydrogen) atoms. The normalized spacial score (nSPS) is 24.4. The maximum atomic E-state index is 14.4. The van der Waals surface area contributed by atoms with Crippen LogP contribution in [0.3, 0.4) is 0 Å². The molecule has 1 N–H and O–H groups in total. The molecule has 0 saturated heterocycles. The van der Waals surface area contributed by atoms with Crippen molar-refractivity contribution in [1.29, 1.82) is 0 Å². The summed E-state index contributed by atoms with van der Waals surface area (Å²) in [4.78, 5) is 0. The van der Waals surface area contributed by atoms with Crippen molar-refractivity contribution in [3.63, 3.8) is 0 Å². The fraction of sp³-hybridized carbons (Fsp3) is 0.625. The summed E-state index contributed by atoms with van der Waals surface area (Å²) in [6.45, 7) is 2.24. The lowest BCUT2D eigenvalue weighted by Crippen LogP contribution is -2.25. The minimum Gasteiger partial charge on any atom is -0.494 e. The summed E-state index contributed by atoms with van der Waals surface area (Å²) < 4.78 is 19.5. The average Bonchev–Trinajstić information content (AvgIpc) is 2.90. The molecule has 1 aliphatic rings. The van der Waals surface area contributed by atoms with Gasteiger partial charge in [-0.2, -0.15) is 0 Å². The molecule has 0 amide bonds. The molecule has 106 valence electrons. The zero-order valence-corrected chi connectivity index (χ0v) is 12.1. The van der Waals surface area contributed by atoms with Gasteiger partial charge in [-0.1, -0.05) is 31.9 Å². The summed E-state index contributed by atoms with van der Waals surface area (Å²) in [7, 11) is 3.43. The Balaban J connectivity index is 2.23. The van der Waals surface area contributed by atoms with E-state index in [0.29, 0.717) is 11.7 Å². The minimum absolute atomic E-state index is 0.0895. The highest BCUT2D eigenvalue weighted by Gasteiger charge is 2.31. The number of nitrogens with one attached hydrogen (secondary N) is 1. The Hall–Kier alpha value is -1.09. The Morgan fingerprint density at radius 1 is 1.42 bits per heavy atom. The van der Waals surface area contributed by atoms with Crippen molar-refractivity contribution in [3.05, 3.63) is 29.6 Å². The van der Waals surface area contributed by atoms with Crippen molar-refractivity contribution < 1.29 is 9.13 Å². The second-order valence-corrected chi connectivity index (χ2v) is 5.48. The zero-order valence-electron chi connectivity index (χ0n) is 12.1. The van der Waals surface area contributed by atoms with E-state index in [1.807, 2.05) is 19.2 Å². The minimum atomic E-state index is -0.218. The van der Waals surface area contributed by atoms with E-state index < -0.39 is 0 Å². The number of hydrogen-bond donors (Lipinski definition) is 1. The molecule has 0 radical (unpaired) electrons. The van der Waals surface area contributed by atoms with Crippen LogP contribution in [-0.2, 0) is 0 Å². The van der Waals surface area contributed by atoms with Crippen molar-refractivity contribution in [1.82, 2.24) is 5.32 Å². The molecule has 3 unspecified atom stereocenters. The third-order valence-corrected chi connectivity index (χ3v) is 4.49. The van der Waals surface area contributed by atoms with Gasteiger partial charge >= 0.3 is 0 Å². The van der Waals surface area contributed by atoms with Crippen LogP contribution in [0.5, 0.6) is 5.75 Å². The van der Waals surface area contributed by atoms with Gasteiger partial charge in [0.25, 0.3) is 0 Å². The van der Waals surface area contributed by atoms with Gasteiger partial charge in [0.15, 0.2) is 11.6 Å². The SMILES string of the molecule is CCC1CCC(C(NC)c2cccc(OC)c2F)C1. The number of rotatable bonds is 5. The van der Waals surface area contributed by atoms with Crippen LogP contribution in [0, 0.1) is 17.7 Å². The van der Waals surface area contributed by atoms with Crippen molar-refractivity contribution in [3.8, 4) is 5.75 Å². The van der Waals surface area contributed by atoms with Crippen molar-refractivity contribution in [2.75, 3.05) is 14.2 Å². The van der Waals surface area contributed by atoms with E-state index in [0.717, 1.165) is 11.5 Å². The number of hydrogen-bond acceptors (Lipinski definition) is 2. The summed E-state index contributed by atoms with van der Waals surface area (Å²) in [5.41, 5.74) is 0.739. The maximum Gasteiger partial charge on any atom is 0.169 e. The summed E-state index contributed by atoms with van der Waals surface area (Å²) in [5, 5.41) is 3.30. The van der Waals surface area contributed by atoms with E-state index in [1.54, 1.807) is 6.07 Å². The Kier molecular flexibility index (Phi) is 4.81. The first-order valence-corrected chi connectivity index (χ1v) is 7.20. The molecule has 0 heterocycles. The molecule has 3 atom stereocenters. The fourth-order valence-corrected chi connectivity index (χ4v) is 3.36. The number of halogens is 1. The summed E-state index contributed by atoms with van der Waals surface area (Å²) in [6.07, 6.45) is 4.87. The van der Waals surface area contributed by atoms with E-state index in [9.17, 15) is 4.39 Å². The molecular formula is C16H24FNO. The molecule has 0 aromatic heterocycles. The van der Waals surface area contributed by atoms with E-state index in [1.165, 1.54) is 32.8 Å². The molecule has 0 aliphatic heterocycles. The molecule has 2 rings (SSSR count). The fourth-order valence-electron chi connectivity index (χ4n) is 3.36. The van der Waals surface area contributed by atoms with Gasteiger partial charge in [-0.3, -0.25) is 0 Å². The van der Waals surface area contributed by atoms with Gasteiger partial charge in [-0.15, -0.1) is 0 Å². The molecule has 1 saturated carbocycles. The van der Waals surface area contributed by atoms with Crippen LogP contribution in [0.1, 0.15) is 44.2 Å². The molecule has 1 aliphatic carbocycles. The zero-order chi connectivity index (χ0) is 13.8. The quantitative estimate of drug-likeness (QED) is 0.871. The predicted molar refractivity (Wildman–Crippen MR) is 75.9 cm³/mol. The van der Waals surface area contributed by atoms with E-state index in [2.05, 4.69) is 12.2 Å². The highest BCUT2D eigenvalue weighted by molar-refractivity contribution is 5.33. The third kappa shape index (κ3) is 2.92. The third-order valence-electron chi connectivity index (χ3n) is 4.49. The van der Waals surface area contributed by atoms with Gasteiger partial charge in [0.05, 0.1) is 7.11 Å². The first-order valence-electron chi connectivity index (χ1n) is 7.20. The van der Waals surface area contributed by atoms with Gasteiger partial charge in [-0.05, 0) is 37.8 Å². The maximum absolute atomic E-state index is 14.4. The predicted octanol–water partition coefficient (Wildman–Crippen LogP) is 3.92. The molecule has 0 bridgehead atoms. The Morgan fingerprint density at radius 3 is 2.79 bits per heavy atom. The molecule has 2 nitrogen and oxygen atoms in total. The lowest BCUT2D eigenvalue weighted by Gasteiger charge is -2.24. The van der Waals surface area contributed by atoms with Gasteiger partial charge < -0.3 is 10.1 Å². The van der Waals surface area contributed by atoms with Crippen molar-refractivity contribution >= 4 is 0 Å². The smallest absolute Gasteiger partial charge is 0.169 e. The Bertz CT molecular complexity index is 421. The summed E-state index contributed by atoms with van der Waals surface area (Å²) in [6, 6.07) is 5.51. The molecule has 1 aromatic carbocycles. The van der Waals surface area contributed by atoms with Gasteiger partial charge in [0.1, 0.15) is 0 Å². The summed E-state index contributed by atoms with van der Waals surface area (Å²) in [5.74, 6) is 1.44. The van der Waals surface area contributed by atoms with E-state index in [-0.39, 0.29) is 11.9 Å². The van der Waals surface area contributed by atoms with Crippen LogP contribution in [0.2, 0.25) is 0 Å². The van der Waals surface area contributed by atoms with E-state index in [4.69, 9.17) is 4.74 Å². The van der Waals surface area contributed by atoms with Crippen LogP contribution >= 0.6 is 0 Å². The highest BCUT2D eigenvalue weighted by Crippen LogP contribution is 2.41. The first kappa shape index (κ1) is 14.3. The largest absolute Gasteiger partial charge is 0.494 e. The average molecular weight is 265 g/mol. The van der Waals surface area contributed by atoms with E-state index >= 15 is 0 Å².